The molecule has 0 aliphatic carbocycles. The second kappa shape index (κ2) is 13.5. The van der Waals surface area contributed by atoms with Gasteiger partial charge in [0.25, 0.3) is 5.91 Å². The van der Waals surface area contributed by atoms with Crippen molar-refractivity contribution in [3.05, 3.63) is 101 Å². The van der Waals surface area contributed by atoms with E-state index in [1.165, 1.54) is 0 Å². The molecule has 0 fully saturated rings. The van der Waals surface area contributed by atoms with Crippen LogP contribution in [0.3, 0.4) is 0 Å². The lowest BCUT2D eigenvalue weighted by atomic mass is 9.86. The number of benzene rings is 3. The van der Waals surface area contributed by atoms with Crippen molar-refractivity contribution in [1.82, 2.24) is 10.2 Å². The molecule has 3 aromatic carbocycles. The molecule has 5 nitrogen and oxygen atoms in total. The minimum atomic E-state index is -0.739. The van der Waals surface area contributed by atoms with Crippen LogP contribution in [0.1, 0.15) is 57.7 Å². The monoisotopic (exact) mass is 534 g/mol. The number of hydrogen-bond acceptors (Lipinski definition) is 3. The minimum absolute atomic E-state index is 0.0204. The van der Waals surface area contributed by atoms with E-state index in [4.69, 9.17) is 16.3 Å². The van der Waals surface area contributed by atoms with Crippen molar-refractivity contribution in [2.75, 3.05) is 6.61 Å². The Balaban J connectivity index is 1.96. The molecule has 2 amide bonds. The second-order valence-electron chi connectivity index (χ2n) is 10.7. The van der Waals surface area contributed by atoms with E-state index in [9.17, 15) is 9.59 Å². The second-order valence-corrected chi connectivity index (χ2v) is 11.1. The summed E-state index contributed by atoms with van der Waals surface area (Å²) in [5, 5.41) is 3.63. The average molecular weight is 535 g/mol. The smallest absolute Gasteiger partial charge is 0.261 e. The van der Waals surface area contributed by atoms with E-state index in [0.29, 0.717) is 17.2 Å². The van der Waals surface area contributed by atoms with E-state index >= 15 is 0 Å². The highest BCUT2D eigenvalue weighted by atomic mass is 35.5. The molecule has 38 heavy (non-hydrogen) atoms. The summed E-state index contributed by atoms with van der Waals surface area (Å²) in [4.78, 5) is 29.1. The summed E-state index contributed by atoms with van der Waals surface area (Å²) >= 11 is 6.50. The van der Waals surface area contributed by atoms with Crippen LogP contribution in [0.2, 0.25) is 5.02 Å². The molecule has 3 aromatic rings. The summed E-state index contributed by atoms with van der Waals surface area (Å²) in [5.74, 6) is 0.183. The van der Waals surface area contributed by atoms with Crippen LogP contribution >= 0.6 is 11.6 Å². The van der Waals surface area contributed by atoms with Gasteiger partial charge in [-0.1, -0.05) is 106 Å². The molecular weight excluding hydrogens is 496 g/mol. The number of rotatable bonds is 11. The van der Waals surface area contributed by atoms with E-state index in [-0.39, 0.29) is 36.4 Å². The fourth-order valence-electron chi connectivity index (χ4n) is 4.24. The topological polar surface area (TPSA) is 58.6 Å². The molecule has 0 radical (unpaired) electrons. The molecule has 0 saturated carbocycles. The van der Waals surface area contributed by atoms with Crippen LogP contribution in [0.15, 0.2) is 78.9 Å². The number of halogens is 1. The van der Waals surface area contributed by atoms with Gasteiger partial charge in [0.05, 0.1) is 0 Å². The van der Waals surface area contributed by atoms with Crippen LogP contribution in [-0.4, -0.2) is 35.4 Å². The normalized spacial score (nSPS) is 12.9. The first kappa shape index (κ1) is 29.2. The van der Waals surface area contributed by atoms with Gasteiger partial charge in [0, 0.05) is 24.0 Å². The highest BCUT2D eigenvalue weighted by Crippen LogP contribution is 2.31. The number of nitrogens with zero attached hydrogens (tertiary/aromatic N) is 1. The van der Waals surface area contributed by atoms with Crippen molar-refractivity contribution in [3.8, 4) is 5.75 Å². The van der Waals surface area contributed by atoms with Gasteiger partial charge in [-0.3, -0.25) is 9.59 Å². The largest absolute Gasteiger partial charge is 0.483 e. The number of carbonyl (C=O) groups excluding carboxylic acids is 2. The van der Waals surface area contributed by atoms with Gasteiger partial charge < -0.3 is 15.0 Å². The van der Waals surface area contributed by atoms with Crippen molar-refractivity contribution in [2.24, 2.45) is 0 Å². The van der Waals surface area contributed by atoms with Crippen molar-refractivity contribution < 1.29 is 14.3 Å². The summed E-state index contributed by atoms with van der Waals surface area (Å²) in [6.07, 6.45) is 1.16. The zero-order valence-corrected chi connectivity index (χ0v) is 23.8. The SMILES string of the molecule is CC[C@@H](C)NC(=O)[C@H](Cc1ccccc1)N(Cc1ccccc1Cl)C(=O)COc1ccccc1C(C)(C)C. The van der Waals surface area contributed by atoms with Crippen LogP contribution < -0.4 is 10.1 Å². The number of ether oxygens (including phenoxy) is 1. The Labute approximate surface area is 232 Å². The first-order valence-corrected chi connectivity index (χ1v) is 13.6. The quantitative estimate of drug-likeness (QED) is 0.302. The van der Waals surface area contributed by atoms with Crippen LogP contribution in [0, 0.1) is 0 Å². The third-order valence-corrected chi connectivity index (χ3v) is 6.99. The Morgan fingerprint density at radius 3 is 2.24 bits per heavy atom. The number of hydrogen-bond donors (Lipinski definition) is 1. The zero-order chi connectivity index (χ0) is 27.7. The summed E-state index contributed by atoms with van der Waals surface area (Å²) in [5.41, 5.74) is 2.60. The number of carbonyl (C=O) groups is 2. The third-order valence-electron chi connectivity index (χ3n) is 6.62. The van der Waals surface area contributed by atoms with Gasteiger partial charge in [0.15, 0.2) is 6.61 Å². The van der Waals surface area contributed by atoms with E-state index in [1.807, 2.05) is 86.6 Å². The first-order chi connectivity index (χ1) is 18.1. The fourth-order valence-corrected chi connectivity index (χ4v) is 4.44. The van der Waals surface area contributed by atoms with E-state index < -0.39 is 6.04 Å². The lowest BCUT2D eigenvalue weighted by Gasteiger charge is -2.32. The summed E-state index contributed by atoms with van der Waals surface area (Å²) in [7, 11) is 0. The van der Waals surface area contributed by atoms with Crippen molar-refractivity contribution in [3.63, 3.8) is 0 Å². The highest BCUT2D eigenvalue weighted by molar-refractivity contribution is 6.31. The number of para-hydroxylation sites is 1. The summed E-state index contributed by atoms with van der Waals surface area (Å²) < 4.78 is 6.10. The van der Waals surface area contributed by atoms with Crippen LogP contribution in [0.5, 0.6) is 5.75 Å². The predicted molar refractivity (Wildman–Crippen MR) is 154 cm³/mol. The molecular formula is C32H39ClN2O3. The van der Waals surface area contributed by atoms with Gasteiger partial charge in [-0.05, 0) is 47.6 Å². The molecule has 0 unspecified atom stereocenters. The Kier molecular flexibility index (Phi) is 10.4. The van der Waals surface area contributed by atoms with Gasteiger partial charge in [-0.15, -0.1) is 0 Å². The summed E-state index contributed by atoms with van der Waals surface area (Å²) in [6.45, 7) is 10.3. The maximum Gasteiger partial charge on any atom is 0.261 e. The van der Waals surface area contributed by atoms with Gasteiger partial charge in [-0.2, -0.15) is 0 Å². The molecule has 2 atom stereocenters. The highest BCUT2D eigenvalue weighted by Gasteiger charge is 2.32. The molecule has 0 spiro atoms. The Hall–Kier alpha value is -3.31. The molecule has 0 heterocycles. The molecule has 0 aliphatic rings. The minimum Gasteiger partial charge on any atom is -0.483 e. The van der Waals surface area contributed by atoms with E-state index in [2.05, 4.69) is 26.1 Å². The average Bonchev–Trinajstić information content (AvgIpc) is 2.90. The Bertz CT molecular complexity index is 1210. The molecule has 0 aromatic heterocycles. The summed E-state index contributed by atoms with van der Waals surface area (Å²) in [6, 6.07) is 24.1. The number of nitrogens with one attached hydrogen (secondary N) is 1. The van der Waals surface area contributed by atoms with Crippen LogP contribution in [0.25, 0.3) is 0 Å². The third kappa shape index (κ3) is 8.09. The fraction of sp³-hybridized carbons (Fsp3) is 0.375. The maximum atomic E-state index is 13.9. The molecule has 0 aliphatic heterocycles. The van der Waals surface area contributed by atoms with Gasteiger partial charge >= 0.3 is 0 Å². The lowest BCUT2D eigenvalue weighted by molar-refractivity contribution is -0.143. The van der Waals surface area contributed by atoms with Crippen molar-refractivity contribution in [2.45, 2.75) is 71.5 Å². The standard InChI is InChI=1S/C32H39ClN2O3/c1-6-23(2)34-31(37)28(20-24-14-8-7-9-15-24)35(21-25-16-10-12-18-27(25)33)30(36)22-38-29-19-13-11-17-26(29)32(3,4)5/h7-19,23,28H,6,20-22H2,1-5H3,(H,34,37)/t23-,28+/m1/s1. The molecule has 1 N–H and O–H groups in total. The maximum absolute atomic E-state index is 13.9. The van der Waals surface area contributed by atoms with Gasteiger partial charge in [0.1, 0.15) is 11.8 Å². The predicted octanol–water partition coefficient (Wildman–Crippen LogP) is 6.57. The Morgan fingerprint density at radius 2 is 1.58 bits per heavy atom. The lowest BCUT2D eigenvalue weighted by Crippen LogP contribution is -2.53. The molecule has 0 bridgehead atoms. The van der Waals surface area contributed by atoms with E-state index in [1.54, 1.807) is 11.0 Å². The number of amides is 2. The van der Waals surface area contributed by atoms with Gasteiger partial charge in [-0.25, -0.2) is 0 Å². The first-order valence-electron chi connectivity index (χ1n) is 13.2. The molecule has 3 rings (SSSR count). The molecule has 0 saturated heterocycles. The van der Waals surface area contributed by atoms with Crippen LogP contribution in [0.4, 0.5) is 0 Å². The molecule has 202 valence electrons. The Morgan fingerprint density at radius 1 is 0.947 bits per heavy atom. The van der Waals surface area contributed by atoms with Crippen molar-refractivity contribution in [1.29, 1.82) is 0 Å². The molecule has 6 heteroatoms. The van der Waals surface area contributed by atoms with Gasteiger partial charge in [0.2, 0.25) is 5.91 Å². The van der Waals surface area contributed by atoms with Crippen molar-refractivity contribution >= 4 is 23.4 Å². The van der Waals surface area contributed by atoms with E-state index in [0.717, 1.165) is 23.1 Å². The zero-order valence-electron chi connectivity index (χ0n) is 23.0. The van der Waals surface area contributed by atoms with Crippen LogP contribution in [-0.2, 0) is 28.0 Å².